The number of hydrogen-bond acceptors (Lipinski definition) is 3. The van der Waals surface area contributed by atoms with Crippen molar-refractivity contribution >= 4 is 28.9 Å². The van der Waals surface area contributed by atoms with E-state index in [4.69, 9.17) is 28.0 Å². The monoisotopic (exact) mass is 336 g/mol. The topological polar surface area (TPSA) is 34.5 Å². The van der Waals surface area contributed by atoms with Crippen LogP contribution in [0, 0.1) is 5.92 Å². The van der Waals surface area contributed by atoms with E-state index in [1.807, 2.05) is 24.4 Å². The molecule has 0 atom stereocenters. The molecule has 0 aliphatic carbocycles. The van der Waals surface area contributed by atoms with Gasteiger partial charge in [-0.3, -0.25) is 4.98 Å². The molecule has 0 unspecified atom stereocenters. The van der Waals surface area contributed by atoms with Gasteiger partial charge >= 0.3 is 0 Å². The van der Waals surface area contributed by atoms with Gasteiger partial charge in [0.15, 0.2) is 0 Å². The zero-order valence-corrected chi connectivity index (χ0v) is 14.1. The van der Waals surface area contributed by atoms with E-state index in [0.29, 0.717) is 29.0 Å². The van der Waals surface area contributed by atoms with Gasteiger partial charge in [-0.1, -0.05) is 54.3 Å². The maximum absolute atomic E-state index is 6.30. The first-order chi connectivity index (χ1) is 10.6. The fourth-order valence-electron chi connectivity index (χ4n) is 1.86. The van der Waals surface area contributed by atoms with Crippen LogP contribution >= 0.6 is 23.2 Å². The van der Waals surface area contributed by atoms with Crippen molar-refractivity contribution in [3.63, 3.8) is 0 Å². The molecule has 5 heteroatoms. The van der Waals surface area contributed by atoms with Crippen LogP contribution in [0.15, 0.2) is 47.9 Å². The molecule has 0 aliphatic rings. The normalized spacial score (nSPS) is 11.8. The van der Waals surface area contributed by atoms with Crippen LogP contribution in [0.3, 0.4) is 0 Å². The minimum absolute atomic E-state index is 0.407. The van der Waals surface area contributed by atoms with Gasteiger partial charge < -0.3 is 4.84 Å². The highest BCUT2D eigenvalue weighted by Crippen LogP contribution is 2.23. The molecule has 0 bridgehead atoms. The zero-order chi connectivity index (χ0) is 15.9. The first-order valence-electron chi connectivity index (χ1n) is 7.09. The molecule has 3 nitrogen and oxygen atoms in total. The van der Waals surface area contributed by atoms with Crippen LogP contribution in [0.4, 0.5) is 0 Å². The van der Waals surface area contributed by atoms with E-state index >= 15 is 0 Å². The Bertz CT molecular complexity index is 642. The van der Waals surface area contributed by atoms with Crippen molar-refractivity contribution in [3.05, 3.63) is 63.9 Å². The summed E-state index contributed by atoms with van der Waals surface area (Å²) in [6, 6.07) is 9.25. The molecule has 1 aromatic carbocycles. The number of oxime groups is 1. The summed E-state index contributed by atoms with van der Waals surface area (Å²) in [5, 5.41) is 5.43. The molecule has 2 aromatic rings. The molecule has 0 radical (unpaired) electrons. The van der Waals surface area contributed by atoms with Crippen molar-refractivity contribution in [3.8, 4) is 0 Å². The average Bonchev–Trinajstić information content (AvgIpc) is 2.47. The Morgan fingerprint density at radius 3 is 2.73 bits per heavy atom. The van der Waals surface area contributed by atoms with Crippen molar-refractivity contribution in [1.82, 2.24) is 4.98 Å². The van der Waals surface area contributed by atoms with Gasteiger partial charge in [0.25, 0.3) is 0 Å². The zero-order valence-electron chi connectivity index (χ0n) is 12.6. The molecule has 22 heavy (non-hydrogen) atoms. The van der Waals surface area contributed by atoms with Crippen LogP contribution < -0.4 is 0 Å². The predicted octanol–water partition coefficient (Wildman–Crippen LogP) is 5.01. The third kappa shape index (κ3) is 5.00. The molecule has 1 aromatic heterocycles. The Kier molecular flexibility index (Phi) is 6.22. The molecule has 116 valence electrons. The van der Waals surface area contributed by atoms with Crippen molar-refractivity contribution in [2.24, 2.45) is 11.1 Å². The van der Waals surface area contributed by atoms with Crippen LogP contribution in [0.1, 0.15) is 25.0 Å². The van der Waals surface area contributed by atoms with E-state index in [9.17, 15) is 0 Å². The molecule has 2 rings (SSSR count). The van der Waals surface area contributed by atoms with Crippen LogP contribution in [0.2, 0.25) is 10.0 Å². The van der Waals surface area contributed by atoms with Gasteiger partial charge in [0, 0.05) is 29.4 Å². The van der Waals surface area contributed by atoms with E-state index < -0.39 is 0 Å². The summed E-state index contributed by atoms with van der Waals surface area (Å²) >= 11 is 12.3. The predicted molar refractivity (Wildman–Crippen MR) is 91.7 cm³/mol. The summed E-state index contributed by atoms with van der Waals surface area (Å²) < 4.78 is 0. The molecule has 0 saturated heterocycles. The molecule has 0 aliphatic heterocycles. The number of rotatable bonds is 6. The van der Waals surface area contributed by atoms with Crippen molar-refractivity contribution in [1.29, 1.82) is 0 Å². The van der Waals surface area contributed by atoms with Crippen LogP contribution in [-0.4, -0.2) is 17.3 Å². The van der Waals surface area contributed by atoms with E-state index in [-0.39, 0.29) is 0 Å². The quantitative estimate of drug-likeness (QED) is 0.549. The summed E-state index contributed by atoms with van der Waals surface area (Å²) in [4.78, 5) is 9.57. The first-order valence-corrected chi connectivity index (χ1v) is 7.85. The Hall–Kier alpha value is -1.58. The Labute approximate surface area is 140 Å². The molecule has 0 fully saturated rings. The van der Waals surface area contributed by atoms with E-state index in [2.05, 4.69) is 24.0 Å². The Balaban J connectivity index is 2.28. The summed E-state index contributed by atoms with van der Waals surface area (Å²) in [6.07, 6.45) is 4.14. The summed E-state index contributed by atoms with van der Waals surface area (Å²) in [7, 11) is 0. The minimum atomic E-state index is 0.407. The third-order valence-corrected chi connectivity index (χ3v) is 3.47. The number of benzene rings is 1. The van der Waals surface area contributed by atoms with Crippen LogP contribution in [0.25, 0.3) is 0 Å². The van der Waals surface area contributed by atoms with Gasteiger partial charge in [-0.15, -0.1) is 0 Å². The van der Waals surface area contributed by atoms with Gasteiger partial charge in [0.2, 0.25) is 0 Å². The minimum Gasteiger partial charge on any atom is -0.395 e. The van der Waals surface area contributed by atoms with E-state index in [1.165, 1.54) is 0 Å². The van der Waals surface area contributed by atoms with Crippen molar-refractivity contribution in [2.45, 2.75) is 20.3 Å². The molecule has 0 spiro atoms. The fraction of sp³-hybridized carbons (Fsp3) is 0.294. The highest BCUT2D eigenvalue weighted by atomic mass is 35.5. The SMILES string of the molecule is CC(C)CON=C(Cc1cccnc1)c1ccc(Cl)cc1Cl. The summed E-state index contributed by atoms with van der Waals surface area (Å²) in [6.45, 7) is 4.71. The lowest BCUT2D eigenvalue weighted by Crippen LogP contribution is -2.09. The molecular formula is C17H18Cl2N2O. The lowest BCUT2D eigenvalue weighted by molar-refractivity contribution is 0.118. The van der Waals surface area contributed by atoms with Crippen LogP contribution in [-0.2, 0) is 11.3 Å². The number of halogens is 2. The average molecular weight is 337 g/mol. The first kappa shape index (κ1) is 16.8. The molecule has 0 saturated carbocycles. The Morgan fingerprint density at radius 2 is 2.09 bits per heavy atom. The van der Waals surface area contributed by atoms with E-state index in [0.717, 1.165) is 16.8 Å². The summed E-state index contributed by atoms with van der Waals surface area (Å²) in [5.41, 5.74) is 2.62. The van der Waals surface area contributed by atoms with Gasteiger partial charge in [-0.2, -0.15) is 0 Å². The number of hydrogen-bond donors (Lipinski definition) is 0. The second kappa shape index (κ2) is 8.16. The van der Waals surface area contributed by atoms with Crippen LogP contribution in [0.5, 0.6) is 0 Å². The molecule has 1 heterocycles. The smallest absolute Gasteiger partial charge is 0.119 e. The summed E-state index contributed by atoms with van der Waals surface area (Å²) in [5.74, 6) is 0.407. The lowest BCUT2D eigenvalue weighted by atomic mass is 10.0. The molecular weight excluding hydrogens is 319 g/mol. The second-order valence-corrected chi connectivity index (χ2v) is 6.23. The van der Waals surface area contributed by atoms with Gasteiger partial charge in [0.05, 0.1) is 10.7 Å². The Morgan fingerprint density at radius 1 is 1.27 bits per heavy atom. The van der Waals surface area contributed by atoms with Gasteiger partial charge in [0.1, 0.15) is 6.61 Å². The lowest BCUT2D eigenvalue weighted by Gasteiger charge is -2.10. The molecule has 0 amide bonds. The second-order valence-electron chi connectivity index (χ2n) is 5.39. The third-order valence-electron chi connectivity index (χ3n) is 2.92. The maximum atomic E-state index is 6.30. The van der Waals surface area contributed by atoms with Gasteiger partial charge in [-0.05, 0) is 29.7 Å². The van der Waals surface area contributed by atoms with Crippen molar-refractivity contribution in [2.75, 3.05) is 6.61 Å². The largest absolute Gasteiger partial charge is 0.395 e. The van der Waals surface area contributed by atoms with E-state index in [1.54, 1.807) is 18.3 Å². The number of nitrogens with zero attached hydrogens (tertiary/aromatic N) is 2. The number of aromatic nitrogens is 1. The standard InChI is InChI=1S/C17H18Cl2N2O/c1-12(2)11-22-21-17(8-13-4-3-7-20-10-13)15-6-5-14(18)9-16(15)19/h3-7,9-10,12H,8,11H2,1-2H3. The van der Waals surface area contributed by atoms with Gasteiger partial charge in [-0.25, -0.2) is 0 Å². The van der Waals surface area contributed by atoms with Crippen molar-refractivity contribution < 1.29 is 4.84 Å². The highest BCUT2D eigenvalue weighted by molar-refractivity contribution is 6.37. The highest BCUT2D eigenvalue weighted by Gasteiger charge is 2.11. The molecule has 0 N–H and O–H groups in total. The fourth-order valence-corrected chi connectivity index (χ4v) is 2.38. The maximum Gasteiger partial charge on any atom is 0.119 e. The number of pyridine rings is 1.